The third kappa shape index (κ3) is 6.08. The molecule has 2 aliphatic rings. The van der Waals surface area contributed by atoms with Gasteiger partial charge in [-0.2, -0.15) is 26.3 Å². The second kappa shape index (κ2) is 9.75. The van der Waals surface area contributed by atoms with Crippen molar-refractivity contribution in [3.63, 3.8) is 0 Å². The molecule has 0 unspecified atom stereocenters. The molecule has 33 heavy (non-hydrogen) atoms. The van der Waals surface area contributed by atoms with Crippen molar-refractivity contribution >= 4 is 17.0 Å². The molecule has 3 heterocycles. The number of benzene rings is 1. The quantitative estimate of drug-likeness (QED) is 0.635. The van der Waals surface area contributed by atoms with E-state index in [1.54, 1.807) is 0 Å². The van der Waals surface area contributed by atoms with Crippen LogP contribution < -0.4 is 5.69 Å². The molecule has 0 saturated carbocycles. The molecule has 0 atom stereocenters. The first-order chi connectivity index (χ1) is 15.4. The van der Waals surface area contributed by atoms with E-state index in [9.17, 15) is 31.1 Å². The molecule has 0 spiro atoms. The van der Waals surface area contributed by atoms with E-state index < -0.39 is 23.9 Å². The minimum atomic E-state index is -5.08. The Bertz CT molecular complexity index is 1020. The van der Waals surface area contributed by atoms with Crippen molar-refractivity contribution < 1.29 is 41.0 Å². The van der Waals surface area contributed by atoms with Crippen molar-refractivity contribution in [1.82, 2.24) is 14.5 Å². The van der Waals surface area contributed by atoms with Crippen molar-refractivity contribution in [3.8, 4) is 0 Å². The number of carboxylic acid groups (broad SMARTS) is 1. The fraction of sp³-hybridized carbons (Fsp3) is 0.600. The Hall–Kier alpha value is -2.54. The third-order valence-corrected chi connectivity index (χ3v) is 5.86. The number of likely N-dealkylation sites (tertiary alicyclic amines) is 1. The zero-order valence-corrected chi connectivity index (χ0v) is 17.4. The fourth-order valence-electron chi connectivity index (χ4n) is 4.22. The second-order valence-electron chi connectivity index (χ2n) is 7.94. The number of aromatic amines is 1. The zero-order chi connectivity index (χ0) is 24.4. The molecule has 2 N–H and O–H groups in total. The highest BCUT2D eigenvalue weighted by Crippen LogP contribution is 2.33. The lowest BCUT2D eigenvalue weighted by atomic mass is 9.99. The Kier molecular flexibility index (Phi) is 7.42. The predicted octanol–water partition coefficient (Wildman–Crippen LogP) is 3.80. The number of fused-ring (bicyclic) bond motifs is 1. The molecular formula is C20H23F6N3O4. The van der Waals surface area contributed by atoms with E-state index in [-0.39, 0.29) is 11.7 Å². The van der Waals surface area contributed by atoms with Crippen molar-refractivity contribution in [2.75, 3.05) is 26.3 Å². The number of piperidine rings is 1. The van der Waals surface area contributed by atoms with E-state index in [2.05, 4.69) is 9.88 Å². The largest absolute Gasteiger partial charge is 0.490 e. The smallest absolute Gasteiger partial charge is 0.475 e. The van der Waals surface area contributed by atoms with Crippen LogP contribution in [0.5, 0.6) is 0 Å². The van der Waals surface area contributed by atoms with Gasteiger partial charge in [-0.05, 0) is 43.9 Å². The van der Waals surface area contributed by atoms with E-state index in [1.807, 2.05) is 0 Å². The molecule has 7 nitrogen and oxygen atoms in total. The summed E-state index contributed by atoms with van der Waals surface area (Å²) < 4.78 is 77.8. The Morgan fingerprint density at radius 1 is 1.00 bits per heavy atom. The van der Waals surface area contributed by atoms with Crippen LogP contribution in [0.2, 0.25) is 0 Å². The minimum Gasteiger partial charge on any atom is -0.475 e. The second-order valence-corrected chi connectivity index (χ2v) is 7.94. The first-order valence-corrected chi connectivity index (χ1v) is 10.3. The number of nitrogens with zero attached hydrogens (tertiary/aromatic N) is 2. The SMILES string of the molecule is O=C(O)C(F)(F)F.O=c1[nH]c2ccc(C(F)(F)F)cc2n1C1CCN(C2CCOCC2)CC1. The van der Waals surface area contributed by atoms with Gasteiger partial charge in [-0.15, -0.1) is 0 Å². The molecule has 0 aliphatic carbocycles. The Balaban J connectivity index is 0.000000383. The maximum Gasteiger partial charge on any atom is 0.490 e. The number of carboxylic acids is 1. The number of hydrogen-bond donors (Lipinski definition) is 2. The van der Waals surface area contributed by atoms with Gasteiger partial charge in [0, 0.05) is 38.4 Å². The lowest BCUT2D eigenvalue weighted by Crippen LogP contribution is -2.45. The van der Waals surface area contributed by atoms with Gasteiger partial charge in [-0.1, -0.05) is 0 Å². The summed E-state index contributed by atoms with van der Waals surface area (Å²) in [6, 6.07) is 3.87. The van der Waals surface area contributed by atoms with Crippen molar-refractivity contribution in [2.45, 2.75) is 50.1 Å². The number of carbonyl (C=O) groups is 1. The summed E-state index contributed by atoms with van der Waals surface area (Å²) in [5.74, 6) is -2.76. The summed E-state index contributed by atoms with van der Waals surface area (Å²) in [4.78, 5) is 26.4. The van der Waals surface area contributed by atoms with Gasteiger partial charge in [0.15, 0.2) is 0 Å². The van der Waals surface area contributed by atoms with Crippen molar-refractivity contribution in [3.05, 3.63) is 34.2 Å². The molecule has 4 rings (SSSR count). The van der Waals surface area contributed by atoms with Crippen LogP contribution in [0.1, 0.15) is 37.3 Å². The maximum atomic E-state index is 13.0. The fourth-order valence-corrected chi connectivity index (χ4v) is 4.22. The van der Waals surface area contributed by atoms with Crippen LogP contribution in [0.25, 0.3) is 11.0 Å². The van der Waals surface area contributed by atoms with Gasteiger partial charge in [0.2, 0.25) is 0 Å². The van der Waals surface area contributed by atoms with Crippen LogP contribution in [0.4, 0.5) is 26.3 Å². The van der Waals surface area contributed by atoms with Crippen molar-refractivity contribution in [2.24, 2.45) is 0 Å². The zero-order valence-electron chi connectivity index (χ0n) is 17.4. The Morgan fingerprint density at radius 2 is 1.58 bits per heavy atom. The number of imidazole rings is 1. The molecule has 1 aromatic carbocycles. The molecule has 2 fully saturated rings. The summed E-state index contributed by atoms with van der Waals surface area (Å²) in [5.41, 5.74) is -0.259. The lowest BCUT2D eigenvalue weighted by Gasteiger charge is -2.39. The molecule has 0 radical (unpaired) electrons. The topological polar surface area (TPSA) is 87.6 Å². The first kappa shape index (κ1) is 25.1. The van der Waals surface area contributed by atoms with E-state index in [1.165, 1.54) is 10.6 Å². The summed E-state index contributed by atoms with van der Waals surface area (Å²) in [5, 5.41) is 7.12. The van der Waals surface area contributed by atoms with E-state index in [4.69, 9.17) is 14.6 Å². The van der Waals surface area contributed by atoms with E-state index in [0.29, 0.717) is 17.1 Å². The number of alkyl halides is 6. The van der Waals surface area contributed by atoms with Crippen LogP contribution in [0.15, 0.2) is 23.0 Å². The van der Waals surface area contributed by atoms with Crippen LogP contribution in [-0.4, -0.2) is 64.0 Å². The normalized spacial score (nSPS) is 19.3. The lowest BCUT2D eigenvalue weighted by molar-refractivity contribution is -0.192. The molecule has 0 amide bonds. The number of aliphatic carboxylic acids is 1. The van der Waals surface area contributed by atoms with Gasteiger partial charge in [-0.3, -0.25) is 4.57 Å². The number of rotatable bonds is 2. The van der Waals surface area contributed by atoms with E-state index >= 15 is 0 Å². The number of aromatic nitrogens is 2. The number of nitrogens with one attached hydrogen (secondary N) is 1. The van der Waals surface area contributed by atoms with Crippen LogP contribution in [-0.2, 0) is 15.7 Å². The predicted molar refractivity (Wildman–Crippen MR) is 105 cm³/mol. The average molecular weight is 483 g/mol. The minimum absolute atomic E-state index is 0.0733. The number of ether oxygens (including phenoxy) is 1. The number of H-pyrrole nitrogens is 1. The monoisotopic (exact) mass is 483 g/mol. The number of hydrogen-bond acceptors (Lipinski definition) is 4. The van der Waals surface area contributed by atoms with Crippen LogP contribution in [0.3, 0.4) is 0 Å². The Labute approximate surface area is 183 Å². The van der Waals surface area contributed by atoms with Gasteiger partial charge in [-0.25, -0.2) is 9.59 Å². The standard InChI is InChI=1S/C18H22F3N3O2.C2HF3O2/c19-18(20,21)12-1-2-15-16(11-12)24(17(25)22-15)14-3-7-23(8-4-14)13-5-9-26-10-6-13;3-2(4,5)1(6)7/h1-2,11,13-14H,3-10H2,(H,22,25);(H,6,7). The summed E-state index contributed by atoms with van der Waals surface area (Å²) in [6.07, 6.45) is -5.93. The van der Waals surface area contributed by atoms with Gasteiger partial charge in [0.1, 0.15) is 0 Å². The summed E-state index contributed by atoms with van der Waals surface area (Å²) in [7, 11) is 0. The highest BCUT2D eigenvalue weighted by atomic mass is 19.4. The van der Waals surface area contributed by atoms with Crippen LogP contribution in [0, 0.1) is 0 Å². The molecule has 2 aliphatic heterocycles. The summed E-state index contributed by atoms with van der Waals surface area (Å²) in [6.45, 7) is 3.28. The molecule has 13 heteroatoms. The van der Waals surface area contributed by atoms with E-state index in [0.717, 1.165) is 64.1 Å². The summed E-state index contributed by atoms with van der Waals surface area (Å²) >= 11 is 0. The highest BCUT2D eigenvalue weighted by Gasteiger charge is 2.38. The molecular weight excluding hydrogens is 460 g/mol. The molecule has 184 valence electrons. The first-order valence-electron chi connectivity index (χ1n) is 10.3. The van der Waals surface area contributed by atoms with Gasteiger partial charge in [0.05, 0.1) is 16.6 Å². The highest BCUT2D eigenvalue weighted by molar-refractivity contribution is 5.76. The van der Waals surface area contributed by atoms with Crippen molar-refractivity contribution in [1.29, 1.82) is 0 Å². The van der Waals surface area contributed by atoms with Gasteiger partial charge < -0.3 is 19.7 Å². The molecule has 2 saturated heterocycles. The van der Waals surface area contributed by atoms with Crippen LogP contribution >= 0.6 is 0 Å². The molecule has 0 bridgehead atoms. The van der Waals surface area contributed by atoms with Gasteiger partial charge in [0.25, 0.3) is 0 Å². The third-order valence-electron chi connectivity index (χ3n) is 5.86. The maximum absolute atomic E-state index is 13.0. The molecule has 2 aromatic rings. The number of halogens is 6. The Morgan fingerprint density at radius 3 is 2.09 bits per heavy atom. The average Bonchev–Trinajstić information content (AvgIpc) is 3.08. The van der Waals surface area contributed by atoms with Gasteiger partial charge >= 0.3 is 24.0 Å². The molecule has 1 aromatic heterocycles.